The molecule has 0 unspecified atom stereocenters. The minimum atomic E-state index is -0.270. The van der Waals surface area contributed by atoms with Gasteiger partial charge >= 0.3 is 0 Å². The third kappa shape index (κ3) is 2.63. The number of aryl methyl sites for hydroxylation is 1. The minimum Gasteiger partial charge on any atom is -0.371 e. The minimum absolute atomic E-state index is 0.0346. The maximum absolute atomic E-state index is 13.0. The van der Waals surface area contributed by atoms with Gasteiger partial charge in [0.2, 0.25) is 11.8 Å². The number of carbonyl (C=O) groups excluding carboxylic acids is 2. The molecule has 1 aliphatic carbocycles. The van der Waals surface area contributed by atoms with E-state index in [4.69, 9.17) is 4.74 Å². The van der Waals surface area contributed by atoms with Gasteiger partial charge in [0, 0.05) is 25.9 Å². The van der Waals surface area contributed by atoms with Crippen molar-refractivity contribution in [3.8, 4) is 0 Å². The van der Waals surface area contributed by atoms with Crippen LogP contribution in [0, 0.1) is 5.92 Å². The van der Waals surface area contributed by atoms with Crippen LogP contribution in [0.15, 0.2) is 12.3 Å². The summed E-state index contributed by atoms with van der Waals surface area (Å²) in [6.45, 7) is 1.31. The van der Waals surface area contributed by atoms with Crippen LogP contribution in [0.4, 0.5) is 0 Å². The fourth-order valence-corrected chi connectivity index (χ4v) is 3.64. The summed E-state index contributed by atoms with van der Waals surface area (Å²) in [5.74, 6) is -0.117. The molecule has 1 saturated carbocycles. The van der Waals surface area contributed by atoms with Gasteiger partial charge in [-0.1, -0.05) is 0 Å². The molecule has 3 aliphatic rings. The molecule has 0 aromatic carbocycles. The van der Waals surface area contributed by atoms with E-state index in [2.05, 4.69) is 5.10 Å². The van der Waals surface area contributed by atoms with E-state index in [0.29, 0.717) is 19.3 Å². The van der Waals surface area contributed by atoms with Gasteiger partial charge in [0.15, 0.2) is 0 Å². The molecule has 2 aliphatic heterocycles. The molecule has 1 aromatic heterocycles. The first-order valence-corrected chi connectivity index (χ1v) is 8.33. The van der Waals surface area contributed by atoms with Crippen LogP contribution in [-0.4, -0.2) is 57.3 Å². The van der Waals surface area contributed by atoms with E-state index in [1.54, 1.807) is 15.8 Å². The molecule has 2 atom stereocenters. The molecule has 0 radical (unpaired) electrons. The van der Waals surface area contributed by atoms with E-state index in [-0.39, 0.29) is 30.4 Å². The summed E-state index contributed by atoms with van der Waals surface area (Å²) < 4.78 is 7.67. The first-order chi connectivity index (χ1) is 11.1. The number of ether oxygens (including phenoxy) is 1. The van der Waals surface area contributed by atoms with Gasteiger partial charge in [0.1, 0.15) is 12.6 Å². The smallest absolute Gasteiger partial charge is 0.243 e. The van der Waals surface area contributed by atoms with Crippen molar-refractivity contribution < 1.29 is 14.3 Å². The lowest BCUT2D eigenvalue weighted by Gasteiger charge is -2.33. The molecule has 0 spiro atoms. The van der Waals surface area contributed by atoms with Gasteiger partial charge in [0.05, 0.1) is 18.3 Å². The van der Waals surface area contributed by atoms with Crippen molar-refractivity contribution >= 4 is 11.8 Å². The SMILES string of the molecule is Cn1nccc1[C@@H]1OCCC[C@H]1C(=O)N1CC(=O)N(C2CC2)C1. The predicted molar refractivity (Wildman–Crippen MR) is 81.1 cm³/mol. The van der Waals surface area contributed by atoms with Crippen LogP contribution in [-0.2, 0) is 21.4 Å². The van der Waals surface area contributed by atoms with Gasteiger partial charge in [-0.05, 0) is 31.7 Å². The Hall–Kier alpha value is -1.89. The number of amides is 2. The van der Waals surface area contributed by atoms with E-state index in [1.807, 2.05) is 18.0 Å². The van der Waals surface area contributed by atoms with Gasteiger partial charge in [0.25, 0.3) is 0 Å². The van der Waals surface area contributed by atoms with Crippen LogP contribution >= 0.6 is 0 Å². The topological polar surface area (TPSA) is 67.7 Å². The van der Waals surface area contributed by atoms with Gasteiger partial charge in [-0.3, -0.25) is 14.3 Å². The van der Waals surface area contributed by atoms with Crippen LogP contribution in [0.3, 0.4) is 0 Å². The molecule has 2 saturated heterocycles. The van der Waals surface area contributed by atoms with E-state index in [1.165, 1.54) is 0 Å². The van der Waals surface area contributed by atoms with Crippen molar-refractivity contribution in [2.45, 2.75) is 37.8 Å². The standard InChI is InChI=1S/C16H22N4O3/c1-18-13(6-7-17-18)15-12(3-2-8-23-15)16(22)19-9-14(21)20(10-19)11-4-5-11/h6-7,11-12,15H,2-5,8-10H2,1H3/t12-,15-/m1/s1. The summed E-state index contributed by atoms with van der Waals surface area (Å²) >= 11 is 0. The molecule has 7 heteroatoms. The third-order valence-corrected chi connectivity index (χ3v) is 5.06. The van der Waals surface area contributed by atoms with Crippen LogP contribution in [0.2, 0.25) is 0 Å². The number of aromatic nitrogens is 2. The van der Waals surface area contributed by atoms with Crippen molar-refractivity contribution in [2.75, 3.05) is 19.8 Å². The Bertz CT molecular complexity index is 625. The van der Waals surface area contributed by atoms with Crippen molar-refractivity contribution in [2.24, 2.45) is 13.0 Å². The molecule has 3 heterocycles. The van der Waals surface area contributed by atoms with E-state index >= 15 is 0 Å². The first-order valence-electron chi connectivity index (χ1n) is 8.33. The first kappa shape index (κ1) is 14.7. The van der Waals surface area contributed by atoms with Crippen molar-refractivity contribution in [1.82, 2.24) is 19.6 Å². The molecule has 0 N–H and O–H groups in total. The highest BCUT2D eigenvalue weighted by atomic mass is 16.5. The average molecular weight is 318 g/mol. The Morgan fingerprint density at radius 3 is 2.87 bits per heavy atom. The molecular formula is C16H22N4O3. The average Bonchev–Trinajstić information content (AvgIpc) is 3.20. The highest BCUT2D eigenvalue weighted by Crippen LogP contribution is 2.36. The van der Waals surface area contributed by atoms with E-state index in [9.17, 15) is 9.59 Å². The molecule has 0 bridgehead atoms. The summed E-state index contributed by atoms with van der Waals surface area (Å²) in [6.07, 6.45) is 5.26. The molecule has 1 aromatic rings. The number of hydrogen-bond donors (Lipinski definition) is 0. The lowest BCUT2D eigenvalue weighted by molar-refractivity contribution is -0.145. The number of nitrogens with zero attached hydrogens (tertiary/aromatic N) is 4. The molecule has 4 rings (SSSR count). The quantitative estimate of drug-likeness (QED) is 0.822. The number of carbonyl (C=O) groups is 2. The van der Waals surface area contributed by atoms with Crippen LogP contribution in [0.25, 0.3) is 0 Å². The second-order valence-corrected chi connectivity index (χ2v) is 6.69. The Morgan fingerprint density at radius 1 is 1.35 bits per heavy atom. The normalized spacial score (nSPS) is 28.5. The molecule has 7 nitrogen and oxygen atoms in total. The van der Waals surface area contributed by atoms with Crippen LogP contribution < -0.4 is 0 Å². The third-order valence-electron chi connectivity index (χ3n) is 5.06. The Morgan fingerprint density at radius 2 is 2.17 bits per heavy atom. The second kappa shape index (κ2) is 5.63. The van der Waals surface area contributed by atoms with Gasteiger partial charge in [-0.15, -0.1) is 0 Å². The molecule has 2 amide bonds. The number of rotatable bonds is 3. The van der Waals surface area contributed by atoms with E-state index < -0.39 is 0 Å². The molecular weight excluding hydrogens is 296 g/mol. The second-order valence-electron chi connectivity index (χ2n) is 6.69. The summed E-state index contributed by atoms with van der Waals surface area (Å²) in [5.41, 5.74) is 0.924. The predicted octanol–water partition coefficient (Wildman–Crippen LogP) is 0.678. The zero-order chi connectivity index (χ0) is 16.0. The van der Waals surface area contributed by atoms with Crippen LogP contribution in [0.5, 0.6) is 0 Å². The highest BCUT2D eigenvalue weighted by Gasteiger charge is 2.43. The summed E-state index contributed by atoms with van der Waals surface area (Å²) in [6, 6.07) is 2.26. The Balaban J connectivity index is 1.52. The molecule has 3 fully saturated rings. The summed E-state index contributed by atoms with van der Waals surface area (Å²) in [7, 11) is 1.86. The van der Waals surface area contributed by atoms with Crippen LogP contribution in [0.1, 0.15) is 37.5 Å². The largest absolute Gasteiger partial charge is 0.371 e. The van der Waals surface area contributed by atoms with Crippen molar-refractivity contribution in [1.29, 1.82) is 0 Å². The lowest BCUT2D eigenvalue weighted by Crippen LogP contribution is -2.41. The summed E-state index contributed by atoms with van der Waals surface area (Å²) in [5, 5.41) is 4.19. The Kier molecular flexibility index (Phi) is 3.60. The zero-order valence-electron chi connectivity index (χ0n) is 13.4. The maximum atomic E-state index is 13.0. The van der Waals surface area contributed by atoms with Gasteiger partial charge in [-0.2, -0.15) is 5.10 Å². The Labute approximate surface area is 135 Å². The zero-order valence-corrected chi connectivity index (χ0v) is 13.4. The monoisotopic (exact) mass is 318 g/mol. The molecule has 23 heavy (non-hydrogen) atoms. The highest BCUT2D eigenvalue weighted by molar-refractivity contribution is 5.89. The van der Waals surface area contributed by atoms with Gasteiger partial charge in [-0.25, -0.2) is 0 Å². The fourth-order valence-electron chi connectivity index (χ4n) is 3.64. The fraction of sp³-hybridized carbons (Fsp3) is 0.688. The lowest BCUT2D eigenvalue weighted by atomic mass is 9.91. The molecule has 124 valence electrons. The number of hydrogen-bond acceptors (Lipinski definition) is 4. The van der Waals surface area contributed by atoms with Crippen molar-refractivity contribution in [3.63, 3.8) is 0 Å². The maximum Gasteiger partial charge on any atom is 0.243 e. The summed E-state index contributed by atoms with van der Waals surface area (Å²) in [4.78, 5) is 28.6. The van der Waals surface area contributed by atoms with Crippen molar-refractivity contribution in [3.05, 3.63) is 18.0 Å². The van der Waals surface area contributed by atoms with E-state index in [0.717, 1.165) is 31.4 Å². The van der Waals surface area contributed by atoms with Gasteiger partial charge < -0.3 is 14.5 Å².